The van der Waals surface area contributed by atoms with Crippen LogP contribution >= 0.6 is 0 Å². The van der Waals surface area contributed by atoms with Gasteiger partial charge in [-0.2, -0.15) is 0 Å². The van der Waals surface area contributed by atoms with Crippen molar-refractivity contribution >= 4 is 34.7 Å². The SMILES string of the molecule is Cc1cc(C=CC(=O)O)cc(C)c1-c1nc2ccc(C(=O)Nc3ccc(C(C)(C)C)cc3)cc2[nH]1. The molecule has 178 valence electrons. The van der Waals surface area contributed by atoms with Crippen LogP contribution in [-0.2, 0) is 10.2 Å². The number of rotatable bonds is 5. The lowest BCUT2D eigenvalue weighted by molar-refractivity contribution is -0.131. The van der Waals surface area contributed by atoms with Crippen molar-refractivity contribution in [3.8, 4) is 11.4 Å². The number of aryl methyl sites for hydroxylation is 2. The summed E-state index contributed by atoms with van der Waals surface area (Å²) in [5.41, 5.74) is 7.80. The zero-order valence-corrected chi connectivity index (χ0v) is 20.6. The number of carboxylic acids is 1. The second kappa shape index (κ2) is 9.22. The molecule has 0 saturated carbocycles. The van der Waals surface area contributed by atoms with Crippen molar-refractivity contribution in [3.63, 3.8) is 0 Å². The fourth-order valence-corrected chi connectivity index (χ4v) is 4.16. The Kier molecular flexibility index (Phi) is 6.31. The van der Waals surface area contributed by atoms with Gasteiger partial charge in [0.2, 0.25) is 0 Å². The molecule has 0 saturated heterocycles. The molecule has 6 heteroatoms. The number of hydrogen-bond acceptors (Lipinski definition) is 3. The molecule has 3 N–H and O–H groups in total. The molecule has 0 radical (unpaired) electrons. The summed E-state index contributed by atoms with van der Waals surface area (Å²) >= 11 is 0. The molecule has 1 amide bonds. The van der Waals surface area contributed by atoms with E-state index in [0.29, 0.717) is 11.4 Å². The third kappa shape index (κ3) is 5.32. The maximum absolute atomic E-state index is 12.9. The number of fused-ring (bicyclic) bond motifs is 1. The molecule has 4 aromatic rings. The molecule has 6 nitrogen and oxygen atoms in total. The summed E-state index contributed by atoms with van der Waals surface area (Å²) in [4.78, 5) is 31.8. The van der Waals surface area contributed by atoms with E-state index in [1.807, 2.05) is 56.3 Å². The Morgan fingerprint density at radius 1 is 0.971 bits per heavy atom. The summed E-state index contributed by atoms with van der Waals surface area (Å²) in [5.74, 6) is -0.462. The Bertz CT molecular complexity index is 1430. The normalized spacial score (nSPS) is 11.8. The average molecular weight is 468 g/mol. The largest absolute Gasteiger partial charge is 0.478 e. The average Bonchev–Trinajstić information content (AvgIpc) is 3.19. The summed E-state index contributed by atoms with van der Waals surface area (Å²) in [6.45, 7) is 10.4. The molecule has 0 aliphatic carbocycles. The fraction of sp³-hybridized carbons (Fsp3) is 0.207. The highest BCUT2D eigenvalue weighted by Crippen LogP contribution is 2.29. The number of imidazole rings is 1. The van der Waals surface area contributed by atoms with Crippen molar-refractivity contribution in [2.45, 2.75) is 40.0 Å². The van der Waals surface area contributed by atoms with Gasteiger partial charge < -0.3 is 15.4 Å². The highest BCUT2D eigenvalue weighted by Gasteiger charge is 2.15. The molecule has 0 fully saturated rings. The first kappa shape index (κ1) is 24.0. The number of amides is 1. The van der Waals surface area contributed by atoms with Crippen LogP contribution in [-0.4, -0.2) is 27.0 Å². The highest BCUT2D eigenvalue weighted by molar-refractivity contribution is 6.06. The number of nitrogens with zero attached hydrogens (tertiary/aromatic N) is 1. The van der Waals surface area contributed by atoms with Crippen LogP contribution in [0.1, 0.15) is 53.4 Å². The predicted molar refractivity (Wildman–Crippen MR) is 141 cm³/mol. The molecule has 3 aromatic carbocycles. The lowest BCUT2D eigenvalue weighted by Gasteiger charge is -2.19. The number of hydrogen-bond donors (Lipinski definition) is 3. The number of aromatic nitrogens is 2. The highest BCUT2D eigenvalue weighted by atomic mass is 16.4. The minimum atomic E-state index is -0.983. The molecular weight excluding hydrogens is 438 g/mol. The number of anilines is 1. The topological polar surface area (TPSA) is 95.1 Å². The summed E-state index contributed by atoms with van der Waals surface area (Å²) in [6.07, 6.45) is 2.70. The first-order valence-electron chi connectivity index (χ1n) is 11.5. The second-order valence-electron chi connectivity index (χ2n) is 9.80. The Hall–Kier alpha value is -4.19. The zero-order chi connectivity index (χ0) is 25.3. The number of H-pyrrole nitrogens is 1. The van der Waals surface area contributed by atoms with Crippen LogP contribution in [0.25, 0.3) is 28.5 Å². The number of carboxylic acid groups (broad SMARTS) is 1. The van der Waals surface area contributed by atoms with Crippen molar-refractivity contribution in [1.29, 1.82) is 0 Å². The molecule has 0 aliphatic heterocycles. The first-order chi connectivity index (χ1) is 16.5. The molecule has 35 heavy (non-hydrogen) atoms. The summed E-state index contributed by atoms with van der Waals surface area (Å²) in [7, 11) is 0. The van der Waals surface area contributed by atoms with E-state index in [9.17, 15) is 9.59 Å². The smallest absolute Gasteiger partial charge is 0.328 e. The summed E-state index contributed by atoms with van der Waals surface area (Å²) in [5, 5.41) is 11.8. The van der Waals surface area contributed by atoms with E-state index in [1.165, 1.54) is 5.56 Å². The molecule has 4 rings (SSSR count). The Morgan fingerprint density at radius 2 is 1.63 bits per heavy atom. The standard InChI is InChI=1S/C29H29N3O3/c1-17-14-19(6-13-25(33)34)15-18(2)26(17)27-31-23-12-7-20(16-24(23)32-27)28(35)30-22-10-8-21(9-11-22)29(3,4)5/h6-16H,1-5H3,(H,30,35)(H,31,32)(H,33,34). The van der Waals surface area contributed by atoms with Gasteiger partial charge in [0.15, 0.2) is 0 Å². The minimum Gasteiger partial charge on any atom is -0.478 e. The van der Waals surface area contributed by atoms with Crippen LogP contribution in [0.3, 0.4) is 0 Å². The summed E-state index contributed by atoms with van der Waals surface area (Å²) < 4.78 is 0. The van der Waals surface area contributed by atoms with Gasteiger partial charge in [-0.15, -0.1) is 0 Å². The predicted octanol–water partition coefficient (Wildman–Crippen LogP) is 6.49. The van der Waals surface area contributed by atoms with Crippen LogP contribution in [0.4, 0.5) is 5.69 Å². The molecule has 0 aliphatic rings. The summed E-state index contributed by atoms with van der Waals surface area (Å²) in [6, 6.07) is 17.2. The van der Waals surface area contributed by atoms with Gasteiger partial charge in [0, 0.05) is 22.9 Å². The zero-order valence-electron chi connectivity index (χ0n) is 20.6. The maximum atomic E-state index is 12.9. The molecular formula is C29H29N3O3. The quantitative estimate of drug-likeness (QED) is 0.292. The van der Waals surface area contributed by atoms with Crippen LogP contribution in [0.2, 0.25) is 0 Å². The number of aromatic amines is 1. The van der Waals surface area contributed by atoms with E-state index in [4.69, 9.17) is 10.1 Å². The molecule has 1 aromatic heterocycles. The molecule has 1 heterocycles. The van der Waals surface area contributed by atoms with Gasteiger partial charge in [-0.1, -0.05) is 45.0 Å². The van der Waals surface area contributed by atoms with Crippen LogP contribution < -0.4 is 5.32 Å². The van der Waals surface area contributed by atoms with E-state index < -0.39 is 5.97 Å². The third-order valence-corrected chi connectivity index (χ3v) is 5.96. The van der Waals surface area contributed by atoms with Gasteiger partial charge >= 0.3 is 5.97 Å². The fourth-order valence-electron chi connectivity index (χ4n) is 4.16. The number of aliphatic carboxylic acids is 1. The molecule has 0 unspecified atom stereocenters. The Morgan fingerprint density at radius 3 is 2.23 bits per heavy atom. The minimum absolute atomic E-state index is 0.0537. The van der Waals surface area contributed by atoms with Crippen LogP contribution in [0.5, 0.6) is 0 Å². The van der Waals surface area contributed by atoms with E-state index in [2.05, 4.69) is 31.1 Å². The number of carbonyl (C=O) groups excluding carboxylic acids is 1. The van der Waals surface area contributed by atoms with Crippen molar-refractivity contribution in [2.24, 2.45) is 0 Å². The van der Waals surface area contributed by atoms with Crippen molar-refractivity contribution in [1.82, 2.24) is 9.97 Å². The molecule has 0 atom stereocenters. The number of benzene rings is 3. The van der Waals surface area contributed by atoms with Crippen molar-refractivity contribution in [2.75, 3.05) is 5.32 Å². The van der Waals surface area contributed by atoms with Gasteiger partial charge in [0.25, 0.3) is 5.91 Å². The number of carbonyl (C=O) groups is 2. The molecule has 0 spiro atoms. The Balaban J connectivity index is 1.59. The second-order valence-corrected chi connectivity index (χ2v) is 9.80. The van der Waals surface area contributed by atoms with Crippen LogP contribution in [0, 0.1) is 13.8 Å². The van der Waals surface area contributed by atoms with Crippen LogP contribution in [0.15, 0.2) is 60.7 Å². The third-order valence-electron chi connectivity index (χ3n) is 5.96. The van der Waals surface area contributed by atoms with E-state index >= 15 is 0 Å². The van der Waals surface area contributed by atoms with E-state index in [0.717, 1.165) is 45.1 Å². The monoisotopic (exact) mass is 467 g/mol. The van der Waals surface area contributed by atoms with Gasteiger partial charge in [0.05, 0.1) is 11.0 Å². The van der Waals surface area contributed by atoms with Crippen molar-refractivity contribution < 1.29 is 14.7 Å². The van der Waals surface area contributed by atoms with Gasteiger partial charge in [-0.3, -0.25) is 4.79 Å². The number of nitrogens with one attached hydrogen (secondary N) is 2. The molecule has 0 bridgehead atoms. The lowest BCUT2D eigenvalue weighted by Crippen LogP contribution is -2.13. The van der Waals surface area contributed by atoms with Gasteiger partial charge in [-0.05, 0) is 77.9 Å². The first-order valence-corrected chi connectivity index (χ1v) is 11.5. The Labute approximate surface area is 204 Å². The van der Waals surface area contributed by atoms with Gasteiger partial charge in [-0.25, -0.2) is 9.78 Å². The lowest BCUT2D eigenvalue weighted by atomic mass is 9.87. The van der Waals surface area contributed by atoms with Crippen molar-refractivity contribution in [3.05, 3.63) is 88.5 Å². The maximum Gasteiger partial charge on any atom is 0.328 e. The van der Waals surface area contributed by atoms with E-state index in [-0.39, 0.29) is 11.3 Å². The van der Waals surface area contributed by atoms with Gasteiger partial charge in [0.1, 0.15) is 5.82 Å². The van der Waals surface area contributed by atoms with E-state index in [1.54, 1.807) is 18.2 Å².